The Labute approximate surface area is 204 Å². The van der Waals surface area contributed by atoms with E-state index in [4.69, 9.17) is 13.9 Å². The molecule has 0 aliphatic rings. The highest BCUT2D eigenvalue weighted by atomic mass is 32.2. The maximum absolute atomic E-state index is 13.0. The number of ether oxygens (including phenoxy) is 2. The molecule has 0 unspecified atom stereocenters. The SMILES string of the molecule is COCCn1c(SCC(=O)Nc2cc3oc4ccccc4c3cc2OC)nc2ccccc2c1=O. The molecule has 9 heteroatoms. The number of amides is 1. The van der Waals surface area contributed by atoms with E-state index >= 15 is 0 Å². The third-order valence-corrected chi connectivity index (χ3v) is 6.63. The van der Waals surface area contributed by atoms with Crippen molar-refractivity contribution in [1.82, 2.24) is 9.55 Å². The second-order valence-electron chi connectivity index (χ2n) is 7.84. The van der Waals surface area contributed by atoms with Crippen molar-refractivity contribution < 1.29 is 18.7 Å². The van der Waals surface area contributed by atoms with Crippen molar-refractivity contribution in [1.29, 1.82) is 0 Å². The van der Waals surface area contributed by atoms with Crippen LogP contribution >= 0.6 is 11.8 Å². The van der Waals surface area contributed by atoms with Crippen molar-refractivity contribution >= 4 is 56.2 Å². The standard InChI is InChI=1S/C26H23N3O5S/c1-32-12-11-29-25(31)17-8-3-5-9-19(17)28-26(29)35-15-24(30)27-20-14-22-18(13-23(20)33-2)16-7-4-6-10-21(16)34-22/h3-10,13-14H,11-12,15H2,1-2H3,(H,27,30). The molecule has 0 bridgehead atoms. The molecular weight excluding hydrogens is 466 g/mol. The number of fused-ring (bicyclic) bond motifs is 4. The fourth-order valence-electron chi connectivity index (χ4n) is 3.97. The number of hydrogen-bond acceptors (Lipinski definition) is 7. The van der Waals surface area contributed by atoms with Gasteiger partial charge in [-0.25, -0.2) is 4.98 Å². The molecular formula is C26H23N3O5S. The van der Waals surface area contributed by atoms with Crippen LogP contribution in [0.4, 0.5) is 5.69 Å². The van der Waals surface area contributed by atoms with Crippen LogP contribution in [0.2, 0.25) is 0 Å². The molecule has 2 heterocycles. The van der Waals surface area contributed by atoms with Gasteiger partial charge in [0.15, 0.2) is 5.16 Å². The van der Waals surface area contributed by atoms with Crippen LogP contribution < -0.4 is 15.6 Å². The highest BCUT2D eigenvalue weighted by molar-refractivity contribution is 7.99. The van der Waals surface area contributed by atoms with E-state index in [9.17, 15) is 9.59 Å². The molecule has 0 spiro atoms. The normalized spacial score (nSPS) is 11.4. The van der Waals surface area contributed by atoms with Gasteiger partial charge in [0.1, 0.15) is 16.9 Å². The topological polar surface area (TPSA) is 95.6 Å². The first-order valence-electron chi connectivity index (χ1n) is 11.0. The number of rotatable bonds is 8. The molecule has 1 N–H and O–H groups in total. The molecule has 0 radical (unpaired) electrons. The third-order valence-electron chi connectivity index (χ3n) is 5.65. The van der Waals surface area contributed by atoms with Crippen LogP contribution in [0.5, 0.6) is 5.75 Å². The first kappa shape index (κ1) is 22.9. The summed E-state index contributed by atoms with van der Waals surface area (Å²) in [5, 5.41) is 5.77. The van der Waals surface area contributed by atoms with Gasteiger partial charge in [-0.2, -0.15) is 0 Å². The van der Waals surface area contributed by atoms with Crippen LogP contribution in [0.15, 0.2) is 75.0 Å². The Balaban J connectivity index is 1.40. The van der Waals surface area contributed by atoms with Crippen LogP contribution in [-0.4, -0.2) is 42.0 Å². The maximum Gasteiger partial charge on any atom is 0.262 e. The molecule has 35 heavy (non-hydrogen) atoms. The minimum atomic E-state index is -0.260. The summed E-state index contributed by atoms with van der Waals surface area (Å²) in [7, 11) is 3.13. The number of aromatic nitrogens is 2. The third kappa shape index (κ3) is 4.48. The summed E-state index contributed by atoms with van der Waals surface area (Å²) in [5.41, 5.74) is 2.35. The van der Waals surface area contributed by atoms with Crippen molar-refractivity contribution in [2.75, 3.05) is 31.9 Å². The van der Waals surface area contributed by atoms with E-state index < -0.39 is 0 Å². The van der Waals surface area contributed by atoms with Gasteiger partial charge in [-0.15, -0.1) is 0 Å². The maximum atomic E-state index is 13.0. The average molecular weight is 490 g/mol. The van der Waals surface area contributed by atoms with Crippen LogP contribution in [-0.2, 0) is 16.1 Å². The predicted octanol–water partition coefficient (Wildman–Crippen LogP) is 4.68. The van der Waals surface area contributed by atoms with Crippen molar-refractivity contribution in [3.8, 4) is 5.75 Å². The van der Waals surface area contributed by atoms with Gasteiger partial charge in [-0.05, 0) is 24.3 Å². The van der Waals surface area contributed by atoms with Gasteiger partial charge >= 0.3 is 0 Å². The van der Waals surface area contributed by atoms with E-state index in [-0.39, 0.29) is 17.2 Å². The van der Waals surface area contributed by atoms with Crippen LogP contribution in [0.25, 0.3) is 32.8 Å². The summed E-state index contributed by atoms with van der Waals surface area (Å²) in [5.74, 6) is 0.326. The first-order chi connectivity index (χ1) is 17.1. The van der Waals surface area contributed by atoms with Crippen LogP contribution in [0.1, 0.15) is 0 Å². The molecule has 0 atom stereocenters. The summed E-state index contributed by atoms with van der Waals surface area (Å²) in [4.78, 5) is 30.5. The fourth-order valence-corrected chi connectivity index (χ4v) is 4.80. The second-order valence-corrected chi connectivity index (χ2v) is 8.79. The summed E-state index contributed by atoms with van der Waals surface area (Å²) < 4.78 is 18.2. The molecule has 5 rings (SSSR count). The number of para-hydroxylation sites is 2. The van der Waals surface area contributed by atoms with Gasteiger partial charge in [-0.3, -0.25) is 14.2 Å². The van der Waals surface area contributed by atoms with E-state index in [1.807, 2.05) is 36.4 Å². The van der Waals surface area contributed by atoms with E-state index in [1.165, 1.54) is 11.8 Å². The Morgan fingerprint density at radius 2 is 1.80 bits per heavy atom. The fraction of sp³-hybridized carbons (Fsp3) is 0.192. The van der Waals surface area contributed by atoms with E-state index in [0.29, 0.717) is 46.2 Å². The monoisotopic (exact) mass is 489 g/mol. The number of carbonyl (C=O) groups is 1. The molecule has 1 amide bonds. The Bertz CT molecular complexity index is 1610. The highest BCUT2D eigenvalue weighted by Gasteiger charge is 2.16. The number of carbonyl (C=O) groups excluding carboxylic acids is 1. The van der Waals surface area contributed by atoms with Gasteiger partial charge < -0.3 is 19.2 Å². The van der Waals surface area contributed by atoms with Crippen LogP contribution in [0.3, 0.4) is 0 Å². The van der Waals surface area contributed by atoms with Crippen molar-refractivity contribution in [2.24, 2.45) is 0 Å². The predicted molar refractivity (Wildman–Crippen MR) is 138 cm³/mol. The lowest BCUT2D eigenvalue weighted by Gasteiger charge is -2.13. The zero-order chi connectivity index (χ0) is 24.4. The Morgan fingerprint density at radius 3 is 2.60 bits per heavy atom. The molecule has 0 fully saturated rings. The first-order valence-corrected chi connectivity index (χ1v) is 12.0. The molecule has 5 aromatic rings. The van der Waals surface area contributed by atoms with Gasteiger partial charge in [0.25, 0.3) is 5.56 Å². The summed E-state index contributed by atoms with van der Waals surface area (Å²) in [6.07, 6.45) is 0. The lowest BCUT2D eigenvalue weighted by molar-refractivity contribution is -0.113. The van der Waals surface area contributed by atoms with Crippen molar-refractivity contribution in [3.05, 3.63) is 71.0 Å². The smallest absolute Gasteiger partial charge is 0.262 e. The van der Waals surface area contributed by atoms with Crippen molar-refractivity contribution in [2.45, 2.75) is 11.7 Å². The van der Waals surface area contributed by atoms with E-state index in [2.05, 4.69) is 10.3 Å². The van der Waals surface area contributed by atoms with Crippen LogP contribution in [0, 0.1) is 0 Å². The number of hydrogen-bond donors (Lipinski definition) is 1. The zero-order valence-corrected chi connectivity index (χ0v) is 20.1. The molecule has 0 aliphatic carbocycles. The molecule has 0 saturated carbocycles. The number of nitrogens with one attached hydrogen (secondary N) is 1. The van der Waals surface area contributed by atoms with Gasteiger partial charge in [0.2, 0.25) is 5.91 Å². The number of benzene rings is 3. The number of thioether (sulfide) groups is 1. The van der Waals surface area contributed by atoms with Gasteiger partial charge in [0.05, 0.1) is 42.6 Å². The number of nitrogens with zero attached hydrogens (tertiary/aromatic N) is 2. The van der Waals surface area contributed by atoms with Gasteiger partial charge in [-0.1, -0.05) is 42.1 Å². The molecule has 3 aromatic carbocycles. The number of anilines is 1. The molecule has 0 saturated heterocycles. The average Bonchev–Trinajstić information content (AvgIpc) is 3.24. The lowest BCUT2D eigenvalue weighted by Crippen LogP contribution is -2.26. The van der Waals surface area contributed by atoms with Crippen molar-refractivity contribution in [3.63, 3.8) is 0 Å². The molecule has 2 aromatic heterocycles. The molecule has 8 nitrogen and oxygen atoms in total. The molecule has 178 valence electrons. The second kappa shape index (κ2) is 9.81. The van der Waals surface area contributed by atoms with Gasteiger partial charge in [0, 0.05) is 23.9 Å². The van der Waals surface area contributed by atoms with E-state index in [1.54, 1.807) is 43.1 Å². The Hall–Kier alpha value is -3.82. The minimum absolute atomic E-state index is 0.0546. The highest BCUT2D eigenvalue weighted by Crippen LogP contribution is 2.36. The van der Waals surface area contributed by atoms with E-state index in [0.717, 1.165) is 16.4 Å². The summed E-state index contributed by atoms with van der Waals surface area (Å²) in [6, 6.07) is 18.5. The summed E-state index contributed by atoms with van der Waals surface area (Å²) >= 11 is 1.19. The Morgan fingerprint density at radius 1 is 1.03 bits per heavy atom. The molecule has 0 aliphatic heterocycles. The quantitative estimate of drug-likeness (QED) is 0.250. The largest absolute Gasteiger partial charge is 0.495 e. The minimum Gasteiger partial charge on any atom is -0.495 e. The number of furan rings is 1. The number of methoxy groups -OCH3 is 2. The zero-order valence-electron chi connectivity index (χ0n) is 19.2. The Kier molecular flexibility index (Phi) is 6.43. The summed E-state index contributed by atoms with van der Waals surface area (Å²) in [6.45, 7) is 0.696. The lowest BCUT2D eigenvalue weighted by atomic mass is 10.1.